The molecule has 0 saturated heterocycles. The number of anilines is 1. The molecular formula is C11H8FN3O4. The van der Waals surface area contributed by atoms with Gasteiger partial charge >= 0.3 is 5.97 Å². The number of carbonyl (C=O) groups excluding carboxylic acids is 1. The zero-order chi connectivity index (χ0) is 14.0. The number of aromatic hydroxyl groups is 1. The van der Waals surface area contributed by atoms with Crippen molar-refractivity contribution in [3.8, 4) is 5.75 Å². The van der Waals surface area contributed by atoms with Crippen molar-refractivity contribution in [2.45, 2.75) is 0 Å². The maximum Gasteiger partial charge on any atom is 0.354 e. The standard InChI is InChI=1S/C11H8FN3O4/c12-6-3-5(1-2-7(6)16)15-10(17)8-9(11(18)19)14-4-13-8/h1-4,16H,(H,13,14)(H,15,17)(H,18,19). The number of imidazole rings is 1. The Morgan fingerprint density at radius 2 is 2.11 bits per heavy atom. The minimum Gasteiger partial charge on any atom is -0.505 e. The fourth-order valence-corrected chi connectivity index (χ4v) is 1.40. The van der Waals surface area contributed by atoms with Crippen molar-refractivity contribution in [2.24, 2.45) is 0 Å². The number of carbonyl (C=O) groups is 2. The number of aromatic amines is 1. The normalized spacial score (nSPS) is 10.2. The number of aromatic nitrogens is 2. The summed E-state index contributed by atoms with van der Waals surface area (Å²) in [5.74, 6) is -3.59. The van der Waals surface area contributed by atoms with Crippen LogP contribution in [0.2, 0.25) is 0 Å². The first-order chi connectivity index (χ1) is 8.99. The van der Waals surface area contributed by atoms with Gasteiger partial charge in [0.2, 0.25) is 0 Å². The third-order valence-electron chi connectivity index (χ3n) is 2.27. The Hall–Kier alpha value is -2.90. The van der Waals surface area contributed by atoms with Gasteiger partial charge in [-0.05, 0) is 12.1 Å². The third kappa shape index (κ3) is 2.51. The minimum atomic E-state index is -1.33. The molecule has 0 aliphatic carbocycles. The number of nitrogens with zero attached hydrogens (tertiary/aromatic N) is 1. The summed E-state index contributed by atoms with van der Waals surface area (Å²) < 4.78 is 13.1. The summed E-state index contributed by atoms with van der Waals surface area (Å²) in [4.78, 5) is 28.4. The van der Waals surface area contributed by atoms with E-state index in [-0.39, 0.29) is 17.1 Å². The molecule has 98 valence electrons. The van der Waals surface area contributed by atoms with Gasteiger partial charge in [-0.15, -0.1) is 0 Å². The summed E-state index contributed by atoms with van der Waals surface area (Å²) in [6, 6.07) is 3.23. The number of carboxylic acids is 1. The van der Waals surface area contributed by atoms with Crippen LogP contribution in [0.1, 0.15) is 21.0 Å². The van der Waals surface area contributed by atoms with Crippen LogP contribution in [-0.4, -0.2) is 32.1 Å². The Morgan fingerprint density at radius 1 is 1.37 bits per heavy atom. The fourth-order valence-electron chi connectivity index (χ4n) is 1.40. The topological polar surface area (TPSA) is 115 Å². The van der Waals surface area contributed by atoms with Crippen LogP contribution in [0.3, 0.4) is 0 Å². The smallest absolute Gasteiger partial charge is 0.354 e. The highest BCUT2D eigenvalue weighted by Crippen LogP contribution is 2.20. The van der Waals surface area contributed by atoms with Crippen molar-refractivity contribution in [3.05, 3.63) is 41.7 Å². The summed E-state index contributed by atoms with van der Waals surface area (Å²) in [6.45, 7) is 0. The number of halogens is 1. The predicted octanol–water partition coefficient (Wildman–Crippen LogP) is 1.20. The molecule has 0 saturated carbocycles. The van der Waals surface area contributed by atoms with Gasteiger partial charge in [0.05, 0.1) is 6.33 Å². The van der Waals surface area contributed by atoms with Crippen LogP contribution in [-0.2, 0) is 0 Å². The molecule has 2 aromatic rings. The molecule has 0 radical (unpaired) electrons. The highest BCUT2D eigenvalue weighted by Gasteiger charge is 2.19. The Bertz CT molecular complexity index is 653. The van der Waals surface area contributed by atoms with Gasteiger partial charge in [0, 0.05) is 11.8 Å². The second kappa shape index (κ2) is 4.77. The number of hydrogen-bond acceptors (Lipinski definition) is 4. The van der Waals surface area contributed by atoms with Crippen LogP contribution in [0, 0.1) is 5.82 Å². The van der Waals surface area contributed by atoms with Crippen molar-refractivity contribution >= 4 is 17.6 Å². The van der Waals surface area contributed by atoms with E-state index >= 15 is 0 Å². The number of carboxylic acid groups (broad SMARTS) is 1. The molecule has 19 heavy (non-hydrogen) atoms. The lowest BCUT2D eigenvalue weighted by Gasteiger charge is -2.04. The first-order valence-corrected chi connectivity index (χ1v) is 5.05. The van der Waals surface area contributed by atoms with E-state index in [9.17, 15) is 14.0 Å². The van der Waals surface area contributed by atoms with Crippen molar-refractivity contribution in [1.29, 1.82) is 0 Å². The van der Waals surface area contributed by atoms with Crippen molar-refractivity contribution in [2.75, 3.05) is 5.32 Å². The van der Waals surface area contributed by atoms with E-state index in [0.29, 0.717) is 0 Å². The monoisotopic (exact) mass is 265 g/mol. The van der Waals surface area contributed by atoms with E-state index < -0.39 is 23.4 Å². The van der Waals surface area contributed by atoms with Crippen molar-refractivity contribution < 1.29 is 24.2 Å². The zero-order valence-electron chi connectivity index (χ0n) is 9.35. The van der Waals surface area contributed by atoms with Crippen molar-refractivity contribution in [3.63, 3.8) is 0 Å². The van der Waals surface area contributed by atoms with E-state index in [4.69, 9.17) is 10.2 Å². The number of rotatable bonds is 3. The average Bonchev–Trinajstić information content (AvgIpc) is 2.83. The lowest BCUT2D eigenvalue weighted by atomic mass is 10.2. The lowest BCUT2D eigenvalue weighted by molar-refractivity contribution is 0.0686. The van der Waals surface area contributed by atoms with Crippen LogP contribution < -0.4 is 5.32 Å². The van der Waals surface area contributed by atoms with Gasteiger partial charge < -0.3 is 20.5 Å². The van der Waals surface area contributed by atoms with Gasteiger partial charge in [-0.3, -0.25) is 4.79 Å². The fraction of sp³-hybridized carbons (Fsp3) is 0. The summed E-state index contributed by atoms with van der Waals surface area (Å²) in [7, 11) is 0. The van der Waals surface area contributed by atoms with Gasteiger partial charge in [0.25, 0.3) is 5.91 Å². The molecule has 1 aromatic carbocycles. The van der Waals surface area contributed by atoms with Crippen LogP contribution >= 0.6 is 0 Å². The number of aromatic carboxylic acids is 1. The van der Waals surface area contributed by atoms with E-state index in [1.54, 1.807) is 0 Å². The Labute approximate surface area is 105 Å². The third-order valence-corrected chi connectivity index (χ3v) is 2.27. The molecule has 0 atom stereocenters. The van der Waals surface area contributed by atoms with E-state index in [0.717, 1.165) is 18.5 Å². The molecule has 1 heterocycles. The van der Waals surface area contributed by atoms with Crippen LogP contribution in [0.15, 0.2) is 24.5 Å². The number of phenols is 1. The molecule has 4 N–H and O–H groups in total. The highest BCUT2D eigenvalue weighted by atomic mass is 19.1. The summed E-state index contributed by atoms with van der Waals surface area (Å²) >= 11 is 0. The largest absolute Gasteiger partial charge is 0.505 e. The Kier molecular flexibility index (Phi) is 3.15. The molecule has 0 aliphatic rings. The maximum absolute atomic E-state index is 13.1. The molecule has 2 rings (SSSR count). The molecule has 8 heteroatoms. The molecule has 0 unspecified atom stereocenters. The number of nitrogens with one attached hydrogen (secondary N) is 2. The molecule has 1 aromatic heterocycles. The van der Waals surface area contributed by atoms with E-state index in [1.807, 2.05) is 0 Å². The number of phenolic OH excluding ortho intramolecular Hbond substituents is 1. The first kappa shape index (κ1) is 12.6. The van der Waals surface area contributed by atoms with Gasteiger partial charge in [-0.1, -0.05) is 0 Å². The number of hydrogen-bond donors (Lipinski definition) is 4. The number of H-pyrrole nitrogens is 1. The predicted molar refractivity (Wildman–Crippen MR) is 61.6 cm³/mol. The molecule has 1 amide bonds. The Balaban J connectivity index is 2.23. The summed E-state index contributed by atoms with van der Waals surface area (Å²) in [5, 5.41) is 20.1. The van der Waals surface area contributed by atoms with Gasteiger partial charge in [-0.25, -0.2) is 14.2 Å². The SMILES string of the molecule is O=C(Nc1ccc(O)c(F)c1)c1nc[nH]c1C(=O)O. The van der Waals surface area contributed by atoms with E-state index in [1.165, 1.54) is 6.07 Å². The number of benzene rings is 1. The Morgan fingerprint density at radius 3 is 2.74 bits per heavy atom. The average molecular weight is 265 g/mol. The maximum atomic E-state index is 13.1. The first-order valence-electron chi connectivity index (χ1n) is 5.05. The van der Waals surface area contributed by atoms with E-state index in [2.05, 4.69) is 15.3 Å². The molecule has 0 aliphatic heterocycles. The highest BCUT2D eigenvalue weighted by molar-refractivity contribution is 6.08. The quantitative estimate of drug-likeness (QED) is 0.622. The zero-order valence-corrected chi connectivity index (χ0v) is 9.35. The molecule has 0 spiro atoms. The molecule has 0 bridgehead atoms. The number of amides is 1. The van der Waals surface area contributed by atoms with Crippen molar-refractivity contribution in [1.82, 2.24) is 9.97 Å². The second-order valence-corrected chi connectivity index (χ2v) is 3.55. The van der Waals surface area contributed by atoms with Gasteiger partial charge in [0.1, 0.15) is 0 Å². The van der Waals surface area contributed by atoms with Crippen LogP contribution in [0.4, 0.5) is 10.1 Å². The van der Waals surface area contributed by atoms with Crippen LogP contribution in [0.25, 0.3) is 0 Å². The molecule has 0 fully saturated rings. The summed E-state index contributed by atoms with van der Waals surface area (Å²) in [5.41, 5.74) is -0.614. The molecule has 7 nitrogen and oxygen atoms in total. The van der Waals surface area contributed by atoms with Gasteiger partial charge in [-0.2, -0.15) is 0 Å². The van der Waals surface area contributed by atoms with Crippen LogP contribution in [0.5, 0.6) is 5.75 Å². The minimum absolute atomic E-state index is 0.0691. The van der Waals surface area contributed by atoms with Gasteiger partial charge in [0.15, 0.2) is 23.0 Å². The summed E-state index contributed by atoms with van der Waals surface area (Å²) in [6.07, 6.45) is 1.07. The second-order valence-electron chi connectivity index (χ2n) is 3.55. The lowest BCUT2D eigenvalue weighted by Crippen LogP contribution is -2.16. The molecular weight excluding hydrogens is 257 g/mol.